The predicted molar refractivity (Wildman–Crippen MR) is 57.9 cm³/mol. The largest absolute Gasteiger partial charge is 0.467 e. The molecule has 4 N–H and O–H groups in total. The fraction of sp³-hybridized carbons (Fsp3) is 0.273. The van der Waals surface area contributed by atoms with E-state index in [1.165, 1.54) is 24.3 Å². The van der Waals surface area contributed by atoms with E-state index in [1.807, 2.05) is 0 Å². The monoisotopic (exact) mass is 239 g/mol. The van der Waals surface area contributed by atoms with Crippen molar-refractivity contribution in [3.05, 3.63) is 35.4 Å². The van der Waals surface area contributed by atoms with Gasteiger partial charge in [0.2, 0.25) is 5.91 Å². The summed E-state index contributed by atoms with van der Waals surface area (Å²) in [5.74, 6) is -1.53. The van der Waals surface area contributed by atoms with Crippen molar-refractivity contribution >= 4 is 11.9 Å². The van der Waals surface area contributed by atoms with E-state index in [0.29, 0.717) is 0 Å². The first-order valence-electron chi connectivity index (χ1n) is 4.81. The third kappa shape index (κ3) is 3.02. The van der Waals surface area contributed by atoms with Crippen LogP contribution in [0.15, 0.2) is 24.3 Å². The van der Waals surface area contributed by atoms with Gasteiger partial charge in [-0.1, -0.05) is 12.1 Å². The number of hydrogen-bond acceptors (Lipinski definition) is 5. The molecular formula is C11H13NO5. The van der Waals surface area contributed by atoms with Crippen molar-refractivity contribution < 1.29 is 24.5 Å². The minimum absolute atomic E-state index is 0.272. The summed E-state index contributed by atoms with van der Waals surface area (Å²) in [5, 5.41) is 19.1. The quantitative estimate of drug-likeness (QED) is 0.605. The molecule has 6 nitrogen and oxygen atoms in total. The van der Waals surface area contributed by atoms with Crippen molar-refractivity contribution in [2.45, 2.75) is 12.2 Å². The second-order valence-corrected chi connectivity index (χ2v) is 3.40. The van der Waals surface area contributed by atoms with Gasteiger partial charge in [-0.3, -0.25) is 4.79 Å². The molecule has 2 atom stereocenters. The molecule has 1 amide bonds. The van der Waals surface area contributed by atoms with E-state index < -0.39 is 24.1 Å². The van der Waals surface area contributed by atoms with Crippen LogP contribution in [0.1, 0.15) is 22.0 Å². The number of nitrogens with two attached hydrogens (primary N) is 1. The second kappa shape index (κ2) is 5.42. The molecule has 0 heterocycles. The van der Waals surface area contributed by atoms with Crippen LogP contribution >= 0.6 is 0 Å². The zero-order chi connectivity index (χ0) is 13.0. The highest BCUT2D eigenvalue weighted by molar-refractivity contribution is 5.92. The Bertz CT molecular complexity index is 414. The minimum atomic E-state index is -1.67. The van der Waals surface area contributed by atoms with Crippen LogP contribution in [0.25, 0.3) is 0 Å². The Morgan fingerprint density at radius 2 is 1.76 bits per heavy atom. The molecule has 0 aliphatic heterocycles. The number of rotatable bonds is 4. The van der Waals surface area contributed by atoms with Crippen LogP contribution < -0.4 is 5.73 Å². The minimum Gasteiger partial charge on any atom is -0.467 e. The maximum Gasteiger partial charge on any atom is 0.337 e. The van der Waals surface area contributed by atoms with Crippen molar-refractivity contribution in [1.29, 1.82) is 0 Å². The molecule has 0 spiro atoms. The summed E-state index contributed by atoms with van der Waals surface area (Å²) in [5.41, 5.74) is 5.60. The van der Waals surface area contributed by atoms with Crippen molar-refractivity contribution in [1.82, 2.24) is 0 Å². The number of ether oxygens (including phenoxy) is 1. The standard InChI is InChI=1S/C11H13NO5/c1-17-11(16)9(14)8(13)6-2-4-7(5-3-6)10(12)15/h2-5,8-9,13-14H,1H3,(H2,12,15). The highest BCUT2D eigenvalue weighted by Crippen LogP contribution is 2.18. The molecule has 0 aliphatic rings. The fourth-order valence-corrected chi connectivity index (χ4v) is 1.28. The Balaban J connectivity index is 2.86. The summed E-state index contributed by atoms with van der Waals surface area (Å²) in [6.07, 6.45) is -3.08. The molecule has 2 unspecified atom stereocenters. The molecule has 1 rings (SSSR count). The van der Waals surface area contributed by atoms with Gasteiger partial charge in [0.1, 0.15) is 6.10 Å². The Morgan fingerprint density at radius 3 is 2.18 bits per heavy atom. The summed E-state index contributed by atoms with van der Waals surface area (Å²) in [7, 11) is 1.11. The number of carbonyl (C=O) groups is 2. The predicted octanol–water partition coefficient (Wildman–Crippen LogP) is -0.647. The van der Waals surface area contributed by atoms with Crippen LogP contribution in [0.4, 0.5) is 0 Å². The normalized spacial score (nSPS) is 13.8. The molecule has 0 bridgehead atoms. The molecule has 1 aromatic carbocycles. The maximum atomic E-state index is 11.0. The van der Waals surface area contributed by atoms with E-state index in [-0.39, 0.29) is 11.1 Å². The number of carbonyl (C=O) groups excluding carboxylic acids is 2. The van der Waals surface area contributed by atoms with Crippen LogP contribution in [-0.4, -0.2) is 35.3 Å². The van der Waals surface area contributed by atoms with Gasteiger partial charge in [-0.05, 0) is 17.7 Å². The number of esters is 1. The van der Waals surface area contributed by atoms with Crippen molar-refractivity contribution in [2.75, 3.05) is 7.11 Å². The third-order valence-electron chi connectivity index (χ3n) is 2.28. The van der Waals surface area contributed by atoms with Crippen LogP contribution in [0.2, 0.25) is 0 Å². The molecule has 0 fully saturated rings. The van der Waals surface area contributed by atoms with Crippen molar-refractivity contribution in [3.8, 4) is 0 Å². The van der Waals surface area contributed by atoms with Gasteiger partial charge in [-0.25, -0.2) is 4.79 Å². The van der Waals surface area contributed by atoms with Crippen LogP contribution in [0, 0.1) is 0 Å². The van der Waals surface area contributed by atoms with Crippen LogP contribution in [-0.2, 0) is 9.53 Å². The number of primary amides is 1. The molecule has 92 valence electrons. The van der Waals surface area contributed by atoms with E-state index in [1.54, 1.807) is 0 Å². The summed E-state index contributed by atoms with van der Waals surface area (Å²) in [6, 6.07) is 5.59. The smallest absolute Gasteiger partial charge is 0.337 e. The van der Waals surface area contributed by atoms with Crippen molar-refractivity contribution in [3.63, 3.8) is 0 Å². The van der Waals surface area contributed by atoms with Gasteiger partial charge in [0, 0.05) is 5.56 Å². The highest BCUT2D eigenvalue weighted by atomic mass is 16.5. The van der Waals surface area contributed by atoms with E-state index in [4.69, 9.17) is 5.73 Å². The van der Waals surface area contributed by atoms with Gasteiger partial charge in [0.15, 0.2) is 6.10 Å². The molecule has 0 saturated carbocycles. The van der Waals surface area contributed by atoms with Gasteiger partial charge < -0.3 is 20.7 Å². The number of aliphatic hydroxyl groups is 2. The van der Waals surface area contributed by atoms with E-state index in [2.05, 4.69) is 4.74 Å². The summed E-state index contributed by atoms with van der Waals surface area (Å²) < 4.78 is 4.29. The van der Waals surface area contributed by atoms with E-state index in [0.717, 1.165) is 7.11 Å². The van der Waals surface area contributed by atoms with Gasteiger partial charge in [-0.2, -0.15) is 0 Å². The van der Waals surface area contributed by atoms with Gasteiger partial charge in [0.05, 0.1) is 7.11 Å². The zero-order valence-electron chi connectivity index (χ0n) is 9.16. The van der Waals surface area contributed by atoms with Crippen molar-refractivity contribution in [2.24, 2.45) is 5.73 Å². The highest BCUT2D eigenvalue weighted by Gasteiger charge is 2.26. The Hall–Kier alpha value is -1.92. The average Bonchev–Trinajstić information content (AvgIpc) is 2.36. The molecule has 0 aromatic heterocycles. The fourth-order valence-electron chi connectivity index (χ4n) is 1.28. The summed E-state index contributed by atoms with van der Waals surface area (Å²) >= 11 is 0. The van der Waals surface area contributed by atoms with Crippen LogP contribution in [0.5, 0.6) is 0 Å². The molecular weight excluding hydrogens is 226 g/mol. The van der Waals surface area contributed by atoms with E-state index >= 15 is 0 Å². The number of methoxy groups -OCH3 is 1. The lowest BCUT2D eigenvalue weighted by Gasteiger charge is -2.15. The van der Waals surface area contributed by atoms with Gasteiger partial charge in [-0.15, -0.1) is 0 Å². The SMILES string of the molecule is COC(=O)C(O)C(O)c1ccc(C(N)=O)cc1. The number of aliphatic hydroxyl groups excluding tert-OH is 2. The van der Waals surface area contributed by atoms with E-state index in [9.17, 15) is 19.8 Å². The lowest BCUT2D eigenvalue weighted by molar-refractivity contribution is -0.156. The zero-order valence-corrected chi connectivity index (χ0v) is 9.16. The topological polar surface area (TPSA) is 110 Å². The molecule has 0 aliphatic carbocycles. The molecule has 1 aromatic rings. The first kappa shape index (κ1) is 13.1. The lowest BCUT2D eigenvalue weighted by Crippen LogP contribution is -2.29. The molecule has 17 heavy (non-hydrogen) atoms. The first-order valence-corrected chi connectivity index (χ1v) is 4.81. The maximum absolute atomic E-state index is 11.0. The molecule has 0 saturated heterocycles. The number of amides is 1. The number of benzene rings is 1. The van der Waals surface area contributed by atoms with Crippen LogP contribution in [0.3, 0.4) is 0 Å². The Kier molecular flexibility index (Phi) is 4.19. The summed E-state index contributed by atoms with van der Waals surface area (Å²) in [4.78, 5) is 21.8. The van der Waals surface area contributed by atoms with Gasteiger partial charge >= 0.3 is 5.97 Å². The molecule has 0 radical (unpaired) electrons. The first-order chi connectivity index (χ1) is 7.97. The Labute approximate surface area is 97.6 Å². The third-order valence-corrected chi connectivity index (χ3v) is 2.28. The summed E-state index contributed by atoms with van der Waals surface area (Å²) in [6.45, 7) is 0. The Morgan fingerprint density at radius 1 is 1.24 bits per heavy atom. The van der Waals surface area contributed by atoms with Gasteiger partial charge in [0.25, 0.3) is 0 Å². The number of hydrogen-bond donors (Lipinski definition) is 3. The average molecular weight is 239 g/mol. The lowest BCUT2D eigenvalue weighted by atomic mass is 10.0. The second-order valence-electron chi connectivity index (χ2n) is 3.40. The molecule has 6 heteroatoms.